The van der Waals surface area contributed by atoms with Gasteiger partial charge in [-0.2, -0.15) is 0 Å². The molecule has 0 unspecified atom stereocenters. The molecule has 1 aromatic carbocycles. The van der Waals surface area contributed by atoms with Crippen LogP contribution < -0.4 is 5.32 Å². The van der Waals surface area contributed by atoms with E-state index in [1.165, 1.54) is 4.90 Å². The number of hydrogen-bond acceptors (Lipinski definition) is 2. The molecule has 21 heavy (non-hydrogen) atoms. The molecule has 1 aromatic rings. The Balaban J connectivity index is 1.95. The van der Waals surface area contributed by atoms with Gasteiger partial charge < -0.3 is 15.3 Å². The summed E-state index contributed by atoms with van der Waals surface area (Å²) in [6, 6.07) is 6.92. The van der Waals surface area contributed by atoms with Crippen LogP contribution in [0.4, 0.5) is 4.79 Å². The first-order valence-electron chi connectivity index (χ1n) is 7.07. The molecule has 1 aliphatic carbocycles. The maximum Gasteiger partial charge on any atom is 0.323 e. The zero-order valence-electron chi connectivity index (χ0n) is 11.7. The Kier molecular flexibility index (Phi) is 5.44. The minimum atomic E-state index is -0.986. The van der Waals surface area contributed by atoms with Crippen LogP contribution in [0.5, 0.6) is 0 Å². The van der Waals surface area contributed by atoms with E-state index in [0.29, 0.717) is 11.6 Å². The molecular weight excluding hydrogens is 292 g/mol. The normalized spacial score (nSPS) is 14.9. The first-order valence-corrected chi connectivity index (χ1v) is 7.45. The monoisotopic (exact) mass is 310 g/mol. The number of rotatable bonds is 5. The van der Waals surface area contributed by atoms with Crippen LogP contribution in [0.25, 0.3) is 0 Å². The SMILES string of the molecule is O=C(O)CN(C(=O)NCc1cccc(Cl)c1)C1CCCC1. The highest BCUT2D eigenvalue weighted by Gasteiger charge is 2.28. The highest BCUT2D eigenvalue weighted by molar-refractivity contribution is 6.30. The number of hydrogen-bond donors (Lipinski definition) is 2. The van der Waals surface area contributed by atoms with E-state index >= 15 is 0 Å². The first-order chi connectivity index (χ1) is 10.1. The third kappa shape index (κ3) is 4.63. The number of nitrogens with one attached hydrogen (secondary N) is 1. The third-order valence-electron chi connectivity index (χ3n) is 3.66. The quantitative estimate of drug-likeness (QED) is 0.878. The van der Waals surface area contributed by atoms with E-state index in [2.05, 4.69) is 5.32 Å². The second-order valence-electron chi connectivity index (χ2n) is 5.25. The zero-order valence-corrected chi connectivity index (χ0v) is 12.5. The van der Waals surface area contributed by atoms with Crippen LogP contribution in [0.3, 0.4) is 0 Å². The fourth-order valence-corrected chi connectivity index (χ4v) is 2.87. The zero-order chi connectivity index (χ0) is 15.2. The first kappa shape index (κ1) is 15.6. The lowest BCUT2D eigenvalue weighted by Gasteiger charge is -2.27. The fraction of sp³-hybridized carbons (Fsp3) is 0.467. The Morgan fingerprint density at radius 1 is 1.33 bits per heavy atom. The predicted molar refractivity (Wildman–Crippen MR) is 80.3 cm³/mol. The van der Waals surface area contributed by atoms with Gasteiger partial charge in [-0.3, -0.25) is 4.79 Å². The highest BCUT2D eigenvalue weighted by atomic mass is 35.5. The molecule has 1 saturated carbocycles. The van der Waals surface area contributed by atoms with Crippen molar-refractivity contribution in [3.8, 4) is 0 Å². The Morgan fingerprint density at radius 3 is 2.67 bits per heavy atom. The van der Waals surface area contributed by atoms with Gasteiger partial charge in [-0.1, -0.05) is 36.6 Å². The van der Waals surface area contributed by atoms with Crippen molar-refractivity contribution in [1.29, 1.82) is 0 Å². The van der Waals surface area contributed by atoms with E-state index < -0.39 is 5.97 Å². The van der Waals surface area contributed by atoms with Crippen molar-refractivity contribution < 1.29 is 14.7 Å². The molecule has 1 fully saturated rings. The highest BCUT2D eigenvalue weighted by Crippen LogP contribution is 2.23. The Labute approximate surface area is 128 Å². The largest absolute Gasteiger partial charge is 0.480 e. The summed E-state index contributed by atoms with van der Waals surface area (Å²) in [5, 5.41) is 12.4. The van der Waals surface area contributed by atoms with Crippen molar-refractivity contribution >= 4 is 23.6 Å². The van der Waals surface area contributed by atoms with Gasteiger partial charge in [0, 0.05) is 17.6 Å². The van der Waals surface area contributed by atoms with Gasteiger partial charge in [0.15, 0.2) is 0 Å². The summed E-state index contributed by atoms with van der Waals surface area (Å²) in [6.07, 6.45) is 3.83. The average molecular weight is 311 g/mol. The van der Waals surface area contributed by atoms with Crippen LogP contribution >= 0.6 is 11.6 Å². The van der Waals surface area contributed by atoms with Gasteiger partial charge in [0.05, 0.1) is 0 Å². The molecule has 0 bridgehead atoms. The maximum atomic E-state index is 12.2. The van der Waals surface area contributed by atoms with Gasteiger partial charge in [0.25, 0.3) is 0 Å². The van der Waals surface area contributed by atoms with Crippen molar-refractivity contribution in [1.82, 2.24) is 10.2 Å². The van der Waals surface area contributed by atoms with Crippen LogP contribution in [-0.4, -0.2) is 34.6 Å². The van der Waals surface area contributed by atoms with E-state index in [1.807, 2.05) is 12.1 Å². The van der Waals surface area contributed by atoms with Gasteiger partial charge in [0.1, 0.15) is 6.54 Å². The van der Waals surface area contributed by atoms with Crippen LogP contribution in [0.15, 0.2) is 24.3 Å². The minimum absolute atomic E-state index is 0.0282. The summed E-state index contributed by atoms with van der Waals surface area (Å²) in [7, 11) is 0. The summed E-state index contributed by atoms with van der Waals surface area (Å²) in [4.78, 5) is 24.6. The Hall–Kier alpha value is -1.75. The molecule has 0 aromatic heterocycles. The number of aliphatic carboxylic acids is 1. The topological polar surface area (TPSA) is 69.6 Å². The predicted octanol–water partition coefficient (Wildman–Crippen LogP) is 2.88. The third-order valence-corrected chi connectivity index (χ3v) is 3.90. The standard InChI is InChI=1S/C15H19ClN2O3/c16-12-5-3-4-11(8-12)9-17-15(21)18(10-14(19)20)13-6-1-2-7-13/h3-5,8,13H,1-2,6-7,9-10H2,(H,17,21)(H,19,20). The van der Waals surface area contributed by atoms with Crippen molar-refractivity contribution in [2.24, 2.45) is 0 Å². The molecule has 0 aliphatic heterocycles. The Bertz CT molecular complexity index is 515. The smallest absolute Gasteiger partial charge is 0.323 e. The summed E-state index contributed by atoms with van der Waals surface area (Å²) in [5.74, 6) is -0.986. The molecule has 5 nitrogen and oxygen atoms in total. The summed E-state index contributed by atoms with van der Waals surface area (Å²) in [6.45, 7) is 0.0777. The molecule has 0 spiro atoms. The summed E-state index contributed by atoms with van der Waals surface area (Å²) in [5.41, 5.74) is 0.887. The van der Waals surface area contributed by atoms with Gasteiger partial charge in [-0.05, 0) is 30.5 Å². The van der Waals surface area contributed by atoms with Crippen LogP contribution in [0.2, 0.25) is 5.02 Å². The lowest BCUT2D eigenvalue weighted by molar-refractivity contribution is -0.138. The Morgan fingerprint density at radius 2 is 2.05 bits per heavy atom. The van der Waals surface area contributed by atoms with E-state index in [1.54, 1.807) is 12.1 Å². The van der Waals surface area contributed by atoms with E-state index in [9.17, 15) is 9.59 Å². The number of benzene rings is 1. The van der Waals surface area contributed by atoms with Gasteiger partial charge in [-0.25, -0.2) is 4.79 Å². The summed E-state index contributed by atoms with van der Waals surface area (Å²) >= 11 is 5.89. The minimum Gasteiger partial charge on any atom is -0.480 e. The molecule has 2 rings (SSSR count). The van der Waals surface area contributed by atoms with Crippen molar-refractivity contribution in [2.75, 3.05) is 6.54 Å². The number of carboxylic acid groups (broad SMARTS) is 1. The molecule has 0 atom stereocenters. The van der Waals surface area contributed by atoms with Gasteiger partial charge in [-0.15, -0.1) is 0 Å². The molecule has 0 saturated heterocycles. The number of carboxylic acids is 1. The van der Waals surface area contributed by atoms with Gasteiger partial charge >= 0.3 is 12.0 Å². The van der Waals surface area contributed by atoms with Gasteiger partial charge in [0.2, 0.25) is 0 Å². The van der Waals surface area contributed by atoms with Crippen LogP contribution in [0.1, 0.15) is 31.2 Å². The van der Waals surface area contributed by atoms with E-state index in [4.69, 9.17) is 16.7 Å². The molecule has 6 heteroatoms. The molecular formula is C15H19ClN2O3. The number of carbonyl (C=O) groups is 2. The number of carbonyl (C=O) groups excluding carboxylic acids is 1. The van der Waals surface area contributed by atoms with Crippen molar-refractivity contribution in [2.45, 2.75) is 38.3 Å². The van der Waals surface area contributed by atoms with Crippen molar-refractivity contribution in [3.05, 3.63) is 34.9 Å². The molecule has 0 heterocycles. The maximum absolute atomic E-state index is 12.2. The van der Waals surface area contributed by atoms with E-state index in [0.717, 1.165) is 31.2 Å². The molecule has 0 radical (unpaired) electrons. The van der Waals surface area contributed by atoms with Crippen LogP contribution in [0, 0.1) is 0 Å². The second-order valence-corrected chi connectivity index (χ2v) is 5.68. The number of amides is 2. The molecule has 1 aliphatic rings. The second kappa shape index (κ2) is 7.31. The summed E-state index contributed by atoms with van der Waals surface area (Å²) < 4.78 is 0. The van der Waals surface area contributed by atoms with Crippen molar-refractivity contribution in [3.63, 3.8) is 0 Å². The number of halogens is 1. The lowest BCUT2D eigenvalue weighted by atomic mass is 10.2. The van der Waals surface area contributed by atoms with E-state index in [-0.39, 0.29) is 18.6 Å². The molecule has 114 valence electrons. The fourth-order valence-electron chi connectivity index (χ4n) is 2.65. The van der Waals surface area contributed by atoms with Crippen LogP contribution in [-0.2, 0) is 11.3 Å². The number of nitrogens with zero attached hydrogens (tertiary/aromatic N) is 1. The molecule has 2 amide bonds. The average Bonchev–Trinajstić information content (AvgIpc) is 2.96. The molecule has 2 N–H and O–H groups in total. The lowest BCUT2D eigenvalue weighted by Crippen LogP contribution is -2.47. The number of urea groups is 1.